The molecule has 2 amide bonds. The molecule has 2 unspecified atom stereocenters. The van der Waals surface area contributed by atoms with Crippen molar-refractivity contribution in [3.8, 4) is 0 Å². The van der Waals surface area contributed by atoms with Gasteiger partial charge in [-0.05, 0) is 42.2 Å². The van der Waals surface area contributed by atoms with Gasteiger partial charge < -0.3 is 10.6 Å². The maximum Gasteiger partial charge on any atom is 0.238 e. The molecule has 136 valence electrons. The molecule has 3 N–H and O–H groups in total. The Labute approximate surface area is 150 Å². The van der Waals surface area contributed by atoms with Crippen LogP contribution >= 0.6 is 0 Å². The van der Waals surface area contributed by atoms with Gasteiger partial charge in [-0.2, -0.15) is 0 Å². The Morgan fingerprint density at radius 3 is 2.40 bits per heavy atom. The van der Waals surface area contributed by atoms with Crippen LogP contribution in [0.5, 0.6) is 0 Å². The Hall–Kier alpha value is -1.88. The molecule has 25 heavy (non-hydrogen) atoms. The molecule has 2 fully saturated rings. The number of amides is 2. The second-order valence-electron chi connectivity index (χ2n) is 8.13. The first-order chi connectivity index (χ1) is 11.8. The third-order valence-corrected chi connectivity index (χ3v) is 5.47. The van der Waals surface area contributed by atoms with E-state index >= 15 is 0 Å². The molecule has 3 rings (SSSR count). The van der Waals surface area contributed by atoms with Crippen LogP contribution in [-0.4, -0.2) is 24.0 Å². The van der Waals surface area contributed by atoms with Gasteiger partial charge in [0.2, 0.25) is 11.8 Å². The first-order valence-electron chi connectivity index (χ1n) is 9.25. The van der Waals surface area contributed by atoms with Crippen molar-refractivity contribution in [2.75, 3.05) is 0 Å². The van der Waals surface area contributed by atoms with E-state index in [4.69, 9.17) is 0 Å². The van der Waals surface area contributed by atoms with Gasteiger partial charge in [0, 0.05) is 0 Å². The molecule has 0 aromatic heterocycles. The van der Waals surface area contributed by atoms with E-state index in [9.17, 15) is 9.59 Å². The fraction of sp³-hybridized carbons (Fsp3) is 0.600. The molecule has 2 aliphatic rings. The lowest BCUT2D eigenvalue weighted by molar-refractivity contribution is -0.132. The summed E-state index contributed by atoms with van der Waals surface area (Å²) in [4.78, 5) is 24.3. The van der Waals surface area contributed by atoms with Crippen LogP contribution in [0.1, 0.15) is 64.1 Å². The van der Waals surface area contributed by atoms with Crippen LogP contribution in [0, 0.1) is 5.92 Å². The summed E-state index contributed by atoms with van der Waals surface area (Å²) in [6, 6.07) is 8.11. The third-order valence-electron chi connectivity index (χ3n) is 5.47. The third kappa shape index (κ3) is 4.03. The molecule has 5 nitrogen and oxygen atoms in total. The van der Waals surface area contributed by atoms with Crippen molar-refractivity contribution in [1.29, 1.82) is 0 Å². The first kappa shape index (κ1) is 17.9. The maximum atomic E-state index is 12.7. The van der Waals surface area contributed by atoms with Gasteiger partial charge in [0.15, 0.2) is 0 Å². The minimum Gasteiger partial charge on any atom is -0.348 e. The molecular weight excluding hydrogens is 314 g/mol. The Bertz CT molecular complexity index is 649. The zero-order chi connectivity index (χ0) is 18.2. The first-order valence-corrected chi connectivity index (χ1v) is 9.25. The molecule has 5 heteroatoms. The average Bonchev–Trinajstić information content (AvgIpc) is 3.30. The maximum absolute atomic E-state index is 12.7. The van der Waals surface area contributed by atoms with E-state index in [0.717, 1.165) is 5.56 Å². The Morgan fingerprint density at radius 2 is 1.88 bits per heavy atom. The van der Waals surface area contributed by atoms with Crippen molar-refractivity contribution in [2.24, 2.45) is 5.92 Å². The van der Waals surface area contributed by atoms with Gasteiger partial charge in [-0.15, -0.1) is 0 Å². The zero-order valence-corrected chi connectivity index (χ0v) is 15.6. The summed E-state index contributed by atoms with van der Waals surface area (Å²) in [6.07, 6.45) is 2.50. The number of hydrogen-bond acceptors (Lipinski definition) is 3. The van der Waals surface area contributed by atoms with Crippen LogP contribution in [0.25, 0.3) is 0 Å². The van der Waals surface area contributed by atoms with E-state index in [0.29, 0.717) is 5.41 Å². The Balaban J connectivity index is 1.70. The smallest absolute Gasteiger partial charge is 0.238 e. The molecule has 0 radical (unpaired) electrons. The number of benzene rings is 1. The van der Waals surface area contributed by atoms with Gasteiger partial charge in [0.25, 0.3) is 0 Å². The monoisotopic (exact) mass is 343 g/mol. The standard InChI is InChI=1S/C20H29N3O2/c1-12(2)18(14-5-7-15(8-6-14)20(4)9-10-20)23-19(25)16-11-17(24)22-13(3)21-16/h5-8,12-13,16,18,21H,9-11H2,1-4H3,(H,22,24)(H,23,25)/t13?,16?,18-/m1/s1. The minimum atomic E-state index is -0.477. The number of hydrogen-bond donors (Lipinski definition) is 3. The van der Waals surface area contributed by atoms with Crippen molar-refractivity contribution >= 4 is 11.8 Å². The second-order valence-corrected chi connectivity index (χ2v) is 8.13. The van der Waals surface area contributed by atoms with Crippen molar-refractivity contribution in [1.82, 2.24) is 16.0 Å². The molecule has 1 heterocycles. The summed E-state index contributed by atoms with van der Waals surface area (Å²) in [5, 5.41) is 9.04. The predicted octanol–water partition coefficient (Wildman–Crippen LogP) is 2.38. The molecule has 1 saturated heterocycles. The van der Waals surface area contributed by atoms with E-state index < -0.39 is 6.04 Å². The SMILES string of the molecule is CC1NC(=O)CC(C(=O)N[C@@H](c2ccc(C3(C)CC3)cc2)C(C)C)N1. The van der Waals surface area contributed by atoms with Crippen LogP contribution in [0.3, 0.4) is 0 Å². The van der Waals surface area contributed by atoms with Gasteiger partial charge in [-0.1, -0.05) is 45.0 Å². The highest BCUT2D eigenvalue weighted by atomic mass is 16.2. The van der Waals surface area contributed by atoms with Crippen molar-refractivity contribution in [3.05, 3.63) is 35.4 Å². The van der Waals surface area contributed by atoms with Crippen LogP contribution < -0.4 is 16.0 Å². The number of carbonyl (C=O) groups excluding carboxylic acids is 2. The van der Waals surface area contributed by atoms with Crippen LogP contribution in [0.2, 0.25) is 0 Å². The molecule has 0 spiro atoms. The average molecular weight is 343 g/mol. The summed E-state index contributed by atoms with van der Waals surface area (Å²) >= 11 is 0. The number of carbonyl (C=O) groups is 2. The lowest BCUT2D eigenvalue weighted by atomic mass is 9.91. The summed E-state index contributed by atoms with van der Waals surface area (Å²) in [7, 11) is 0. The van der Waals surface area contributed by atoms with Gasteiger partial charge in [0.05, 0.1) is 24.7 Å². The molecule has 1 aliphatic carbocycles. The topological polar surface area (TPSA) is 70.2 Å². The molecule has 1 aromatic carbocycles. The summed E-state index contributed by atoms with van der Waals surface area (Å²) in [6.45, 7) is 8.34. The van der Waals surface area contributed by atoms with Gasteiger partial charge >= 0.3 is 0 Å². The fourth-order valence-electron chi connectivity index (χ4n) is 3.51. The van der Waals surface area contributed by atoms with E-state index in [1.165, 1.54) is 18.4 Å². The van der Waals surface area contributed by atoms with E-state index in [2.05, 4.69) is 61.0 Å². The quantitative estimate of drug-likeness (QED) is 0.769. The summed E-state index contributed by atoms with van der Waals surface area (Å²) in [5.41, 5.74) is 2.85. The highest BCUT2D eigenvalue weighted by Gasteiger charge is 2.39. The Morgan fingerprint density at radius 1 is 1.24 bits per heavy atom. The molecular formula is C20H29N3O2. The van der Waals surface area contributed by atoms with Crippen LogP contribution in [0.15, 0.2) is 24.3 Å². The van der Waals surface area contributed by atoms with Gasteiger partial charge in [-0.3, -0.25) is 14.9 Å². The van der Waals surface area contributed by atoms with Crippen LogP contribution in [-0.2, 0) is 15.0 Å². The molecule has 3 atom stereocenters. The molecule has 1 saturated carbocycles. The van der Waals surface area contributed by atoms with E-state index in [-0.39, 0.29) is 36.4 Å². The molecule has 0 bridgehead atoms. The van der Waals surface area contributed by atoms with Gasteiger partial charge in [-0.25, -0.2) is 0 Å². The predicted molar refractivity (Wildman–Crippen MR) is 97.9 cm³/mol. The van der Waals surface area contributed by atoms with Gasteiger partial charge in [0.1, 0.15) is 0 Å². The number of nitrogens with one attached hydrogen (secondary N) is 3. The van der Waals surface area contributed by atoms with E-state index in [1.807, 2.05) is 6.92 Å². The number of rotatable bonds is 5. The lowest BCUT2D eigenvalue weighted by Gasteiger charge is -2.31. The van der Waals surface area contributed by atoms with Crippen molar-refractivity contribution in [2.45, 2.75) is 70.6 Å². The lowest BCUT2D eigenvalue weighted by Crippen LogP contribution is -2.59. The van der Waals surface area contributed by atoms with Crippen molar-refractivity contribution < 1.29 is 9.59 Å². The van der Waals surface area contributed by atoms with Crippen LogP contribution in [0.4, 0.5) is 0 Å². The highest BCUT2D eigenvalue weighted by molar-refractivity contribution is 5.89. The normalized spacial score (nSPS) is 26.0. The molecule has 1 aliphatic heterocycles. The van der Waals surface area contributed by atoms with E-state index in [1.54, 1.807) is 0 Å². The minimum absolute atomic E-state index is 0.0596. The second kappa shape index (κ2) is 6.79. The fourth-order valence-corrected chi connectivity index (χ4v) is 3.51. The Kier molecular flexibility index (Phi) is 4.87. The largest absolute Gasteiger partial charge is 0.348 e. The summed E-state index contributed by atoms with van der Waals surface area (Å²) < 4.78 is 0. The van der Waals surface area contributed by atoms with Crippen molar-refractivity contribution in [3.63, 3.8) is 0 Å². The molecule has 1 aromatic rings. The zero-order valence-electron chi connectivity index (χ0n) is 15.6. The highest BCUT2D eigenvalue weighted by Crippen LogP contribution is 2.47. The summed E-state index contributed by atoms with van der Waals surface area (Å²) in [5.74, 6) is 0.0642.